The third kappa shape index (κ3) is 5.52. The van der Waals surface area contributed by atoms with Crippen LogP contribution in [0.3, 0.4) is 0 Å². The Hall–Kier alpha value is -1.59. The minimum Gasteiger partial charge on any atom is -0.491 e. The summed E-state index contributed by atoms with van der Waals surface area (Å²) in [6.45, 7) is 5.25. The van der Waals surface area contributed by atoms with Crippen molar-refractivity contribution in [2.24, 2.45) is 11.3 Å². The molecule has 5 rings (SSSR count). The molecule has 1 N–H and O–H groups in total. The number of carbonyl (C=O) groups excluding carboxylic acids is 1. The highest BCUT2D eigenvalue weighted by Crippen LogP contribution is 2.37. The maximum Gasteiger partial charge on any atom is 0.222 e. The molecule has 1 aromatic rings. The van der Waals surface area contributed by atoms with Crippen LogP contribution in [0, 0.1) is 11.3 Å². The Morgan fingerprint density at radius 2 is 1.86 bits per heavy atom. The Morgan fingerprint density at radius 3 is 2.62 bits per heavy atom. The van der Waals surface area contributed by atoms with Crippen molar-refractivity contribution >= 4 is 5.91 Å². The average molecular weight is 401 g/mol. The van der Waals surface area contributed by atoms with Crippen LogP contribution in [0.4, 0.5) is 0 Å². The van der Waals surface area contributed by atoms with Gasteiger partial charge in [-0.1, -0.05) is 24.6 Å². The summed E-state index contributed by atoms with van der Waals surface area (Å²) in [6.07, 6.45) is 8.38. The summed E-state index contributed by atoms with van der Waals surface area (Å²) >= 11 is 0. The van der Waals surface area contributed by atoms with E-state index in [0.29, 0.717) is 25.5 Å². The number of ether oxygens (including phenoxy) is 1. The number of carbonyl (C=O) groups is 1. The van der Waals surface area contributed by atoms with E-state index < -0.39 is 0 Å². The van der Waals surface area contributed by atoms with Crippen LogP contribution in [0.5, 0.6) is 5.75 Å². The Balaban J connectivity index is 1.48. The minimum absolute atomic E-state index is 0.0650. The molecule has 2 bridgehead atoms. The average Bonchev–Trinajstić information content (AvgIpc) is 3.55. The van der Waals surface area contributed by atoms with Gasteiger partial charge in [0.25, 0.3) is 0 Å². The number of aliphatic hydroxyl groups excluding tert-OH is 1. The lowest BCUT2D eigenvalue weighted by Crippen LogP contribution is -2.41. The number of nitrogens with zero attached hydrogens (tertiary/aromatic N) is 2. The maximum absolute atomic E-state index is 12.8. The molecule has 0 spiro atoms. The lowest BCUT2D eigenvalue weighted by Gasteiger charge is -2.41. The van der Waals surface area contributed by atoms with Crippen molar-refractivity contribution in [3.8, 4) is 5.75 Å². The van der Waals surface area contributed by atoms with E-state index >= 15 is 0 Å². The van der Waals surface area contributed by atoms with Gasteiger partial charge in [0.1, 0.15) is 12.4 Å². The van der Waals surface area contributed by atoms with E-state index in [2.05, 4.69) is 17.0 Å². The normalized spacial score (nSPS) is 28.7. The van der Waals surface area contributed by atoms with Gasteiger partial charge in [-0.05, 0) is 69.0 Å². The number of fused-ring (bicyclic) bond motifs is 9. The Kier molecular flexibility index (Phi) is 6.76. The molecular formula is C24H36N2O3. The zero-order valence-corrected chi connectivity index (χ0v) is 17.7. The number of piperidine rings is 1. The van der Waals surface area contributed by atoms with Crippen LogP contribution in [0.25, 0.3) is 0 Å². The second kappa shape index (κ2) is 9.48. The van der Waals surface area contributed by atoms with Crippen LogP contribution in [0.1, 0.15) is 56.9 Å². The summed E-state index contributed by atoms with van der Waals surface area (Å²) in [5.41, 5.74) is 1.28. The molecule has 3 aliphatic heterocycles. The molecule has 1 saturated heterocycles. The molecule has 0 unspecified atom stereocenters. The fourth-order valence-corrected chi connectivity index (χ4v) is 4.82. The molecule has 5 nitrogen and oxygen atoms in total. The SMILES string of the molecule is O=C(CC1CC1)N1CCCCC2(CO)CCN(CC2)Cc2ccccc2OCC1. The highest BCUT2D eigenvalue weighted by Gasteiger charge is 2.34. The number of hydrogen-bond acceptors (Lipinski definition) is 4. The van der Waals surface area contributed by atoms with Gasteiger partial charge in [0.05, 0.1) is 6.54 Å². The number of para-hydroxylation sites is 1. The first-order chi connectivity index (χ1) is 14.2. The van der Waals surface area contributed by atoms with Crippen molar-refractivity contribution in [3.63, 3.8) is 0 Å². The van der Waals surface area contributed by atoms with Gasteiger partial charge in [0, 0.05) is 31.7 Å². The van der Waals surface area contributed by atoms with Crippen LogP contribution < -0.4 is 4.74 Å². The smallest absolute Gasteiger partial charge is 0.222 e. The molecule has 5 heteroatoms. The summed E-state index contributed by atoms with van der Waals surface area (Å²) in [7, 11) is 0. The molecule has 1 aromatic carbocycles. The van der Waals surface area contributed by atoms with Gasteiger partial charge in [-0.25, -0.2) is 0 Å². The summed E-state index contributed by atoms with van der Waals surface area (Å²) in [6, 6.07) is 8.29. The lowest BCUT2D eigenvalue weighted by atomic mass is 9.75. The largest absolute Gasteiger partial charge is 0.491 e. The van der Waals surface area contributed by atoms with Crippen LogP contribution in [0.15, 0.2) is 24.3 Å². The second-order valence-electron chi connectivity index (χ2n) is 9.38. The van der Waals surface area contributed by atoms with E-state index in [-0.39, 0.29) is 17.9 Å². The first-order valence-electron chi connectivity index (χ1n) is 11.5. The Morgan fingerprint density at radius 1 is 1.07 bits per heavy atom. The molecule has 0 aromatic heterocycles. The Labute approximate surface area is 175 Å². The first-order valence-corrected chi connectivity index (χ1v) is 11.5. The van der Waals surface area contributed by atoms with E-state index in [1.807, 2.05) is 17.0 Å². The zero-order valence-electron chi connectivity index (χ0n) is 17.7. The summed E-state index contributed by atoms with van der Waals surface area (Å²) < 4.78 is 6.15. The first kappa shape index (κ1) is 20.7. The molecule has 3 heterocycles. The van der Waals surface area contributed by atoms with Gasteiger partial charge < -0.3 is 14.7 Å². The molecular weight excluding hydrogens is 364 g/mol. The molecule has 160 valence electrons. The van der Waals surface area contributed by atoms with Crippen molar-refractivity contribution in [2.75, 3.05) is 39.4 Å². The molecule has 1 amide bonds. The van der Waals surface area contributed by atoms with Crippen molar-refractivity contribution in [1.29, 1.82) is 0 Å². The van der Waals surface area contributed by atoms with Gasteiger partial charge in [0.15, 0.2) is 0 Å². The molecule has 0 atom stereocenters. The van der Waals surface area contributed by atoms with Crippen molar-refractivity contribution < 1.29 is 14.6 Å². The fraction of sp³-hybridized carbons (Fsp3) is 0.708. The molecule has 1 saturated carbocycles. The number of hydrogen-bond donors (Lipinski definition) is 1. The quantitative estimate of drug-likeness (QED) is 0.844. The van der Waals surface area contributed by atoms with E-state index in [1.54, 1.807) is 0 Å². The maximum atomic E-state index is 12.8. The van der Waals surface area contributed by atoms with Gasteiger partial charge in [-0.2, -0.15) is 0 Å². The van der Waals surface area contributed by atoms with E-state index in [0.717, 1.165) is 64.0 Å². The summed E-state index contributed by atoms with van der Waals surface area (Å²) in [4.78, 5) is 17.3. The highest BCUT2D eigenvalue weighted by atomic mass is 16.5. The van der Waals surface area contributed by atoms with E-state index in [4.69, 9.17) is 4.74 Å². The predicted molar refractivity (Wildman–Crippen MR) is 114 cm³/mol. The van der Waals surface area contributed by atoms with Crippen molar-refractivity contribution in [1.82, 2.24) is 9.80 Å². The minimum atomic E-state index is 0.0650. The highest BCUT2D eigenvalue weighted by molar-refractivity contribution is 5.76. The number of benzene rings is 1. The molecule has 1 aliphatic carbocycles. The predicted octanol–water partition coefficient (Wildman–Crippen LogP) is 3.45. The van der Waals surface area contributed by atoms with E-state index in [9.17, 15) is 9.90 Å². The van der Waals surface area contributed by atoms with E-state index in [1.165, 1.54) is 18.4 Å². The molecule has 29 heavy (non-hydrogen) atoms. The number of rotatable bonds is 3. The zero-order chi connectivity index (χ0) is 20.1. The van der Waals surface area contributed by atoms with Crippen LogP contribution >= 0.6 is 0 Å². The van der Waals surface area contributed by atoms with Crippen molar-refractivity contribution in [3.05, 3.63) is 29.8 Å². The van der Waals surface area contributed by atoms with Gasteiger partial charge in [-0.3, -0.25) is 9.69 Å². The monoisotopic (exact) mass is 400 g/mol. The molecule has 2 fully saturated rings. The topological polar surface area (TPSA) is 53.0 Å². The summed E-state index contributed by atoms with van der Waals surface area (Å²) in [5, 5.41) is 10.1. The second-order valence-corrected chi connectivity index (χ2v) is 9.38. The van der Waals surface area contributed by atoms with Crippen LogP contribution in [0.2, 0.25) is 0 Å². The third-order valence-electron chi connectivity index (χ3n) is 7.14. The lowest BCUT2D eigenvalue weighted by molar-refractivity contribution is -0.132. The number of aliphatic hydroxyl groups is 1. The van der Waals surface area contributed by atoms with Crippen LogP contribution in [-0.2, 0) is 11.3 Å². The van der Waals surface area contributed by atoms with Gasteiger partial charge in [-0.15, -0.1) is 0 Å². The third-order valence-corrected chi connectivity index (χ3v) is 7.14. The standard InChI is InChI=1S/C24H36N2O3/c27-19-24-9-3-4-12-26(23(28)17-20-7-8-20)15-16-29-22-6-2-1-5-21(22)18-25(13-10-24)14-11-24/h1-2,5-6,20,27H,3-4,7-19H2. The van der Waals surface area contributed by atoms with Gasteiger partial charge >= 0.3 is 0 Å². The van der Waals surface area contributed by atoms with Crippen LogP contribution in [-0.4, -0.2) is 60.2 Å². The molecule has 0 radical (unpaired) electrons. The fourth-order valence-electron chi connectivity index (χ4n) is 4.82. The number of amides is 1. The Bertz CT molecular complexity index is 680. The molecule has 4 aliphatic rings. The van der Waals surface area contributed by atoms with Crippen molar-refractivity contribution in [2.45, 2.75) is 57.9 Å². The summed E-state index contributed by atoms with van der Waals surface area (Å²) in [5.74, 6) is 1.84. The van der Waals surface area contributed by atoms with Gasteiger partial charge in [0.2, 0.25) is 5.91 Å².